The van der Waals surface area contributed by atoms with Crippen LogP contribution in [0.1, 0.15) is 50.2 Å². The molecule has 0 aromatic heterocycles. The molecule has 1 N–H and O–H groups in total. The van der Waals surface area contributed by atoms with Crippen LogP contribution in [0.5, 0.6) is 5.75 Å². The van der Waals surface area contributed by atoms with Gasteiger partial charge in [-0.2, -0.15) is 0 Å². The highest BCUT2D eigenvalue weighted by Crippen LogP contribution is 2.60. The molecule has 4 fully saturated rings. The lowest BCUT2D eigenvalue weighted by molar-refractivity contribution is -0.179. The number of carbonyl (C=O) groups excluding carboxylic acids is 2. The van der Waals surface area contributed by atoms with Gasteiger partial charge in [0.1, 0.15) is 5.75 Å². The molecule has 1 unspecified atom stereocenters. The second-order valence-corrected chi connectivity index (χ2v) is 10.1. The number of methoxy groups -OCH3 is 1. The first kappa shape index (κ1) is 21.3. The van der Waals surface area contributed by atoms with Crippen molar-refractivity contribution in [2.75, 3.05) is 12.4 Å². The highest BCUT2D eigenvalue weighted by molar-refractivity contribution is 6.32. The van der Waals surface area contributed by atoms with E-state index in [4.69, 9.17) is 21.1 Å². The van der Waals surface area contributed by atoms with E-state index in [0.29, 0.717) is 39.8 Å². The van der Waals surface area contributed by atoms with E-state index in [9.17, 15) is 9.59 Å². The molecular formula is C26H28ClNO4. The fourth-order valence-corrected chi connectivity index (χ4v) is 6.70. The highest BCUT2D eigenvalue weighted by atomic mass is 35.5. The zero-order valence-corrected chi connectivity index (χ0v) is 18.9. The molecule has 5 nitrogen and oxygen atoms in total. The van der Waals surface area contributed by atoms with Crippen molar-refractivity contribution in [1.82, 2.24) is 0 Å². The molecule has 0 aliphatic heterocycles. The van der Waals surface area contributed by atoms with Crippen molar-refractivity contribution in [2.24, 2.45) is 23.2 Å². The number of ether oxygens (including phenoxy) is 2. The van der Waals surface area contributed by atoms with Gasteiger partial charge in [-0.3, -0.25) is 9.59 Å². The van der Waals surface area contributed by atoms with Crippen LogP contribution in [-0.4, -0.2) is 19.0 Å². The number of carbonyl (C=O) groups is 2. The molecule has 2 aromatic carbocycles. The summed E-state index contributed by atoms with van der Waals surface area (Å²) in [7, 11) is 1.54. The van der Waals surface area contributed by atoms with Gasteiger partial charge in [-0.1, -0.05) is 41.9 Å². The van der Waals surface area contributed by atoms with Crippen LogP contribution in [0, 0.1) is 23.2 Å². The first-order valence-corrected chi connectivity index (χ1v) is 11.7. The third kappa shape index (κ3) is 3.99. The average molecular weight is 454 g/mol. The minimum Gasteiger partial charge on any atom is -0.495 e. The van der Waals surface area contributed by atoms with Crippen molar-refractivity contribution in [3.05, 3.63) is 59.1 Å². The van der Waals surface area contributed by atoms with Gasteiger partial charge in [0.2, 0.25) is 6.10 Å². The van der Waals surface area contributed by atoms with E-state index in [1.807, 2.05) is 30.3 Å². The highest BCUT2D eigenvalue weighted by Gasteiger charge is 2.56. The van der Waals surface area contributed by atoms with Gasteiger partial charge in [-0.05, 0) is 74.5 Å². The van der Waals surface area contributed by atoms with E-state index in [2.05, 4.69) is 5.32 Å². The molecule has 4 aliphatic carbocycles. The number of hydrogen-bond acceptors (Lipinski definition) is 4. The predicted octanol–water partition coefficient (Wildman–Crippen LogP) is 5.79. The minimum atomic E-state index is -1.02. The van der Waals surface area contributed by atoms with E-state index in [1.165, 1.54) is 26.4 Å². The first-order chi connectivity index (χ1) is 15.5. The Kier molecular flexibility index (Phi) is 5.62. The van der Waals surface area contributed by atoms with E-state index in [0.717, 1.165) is 19.3 Å². The molecule has 4 saturated carbocycles. The second-order valence-electron chi connectivity index (χ2n) is 9.73. The smallest absolute Gasteiger partial charge is 0.313 e. The monoisotopic (exact) mass is 453 g/mol. The first-order valence-electron chi connectivity index (χ1n) is 11.4. The van der Waals surface area contributed by atoms with Gasteiger partial charge in [-0.15, -0.1) is 0 Å². The Balaban J connectivity index is 1.37. The standard InChI is InChI=1S/C26H28ClNO4/c1-31-22-8-7-20(12-21(22)27)28-24(29)23(19-5-3-2-4-6-19)32-25(30)26-13-16-9-17(14-26)11-18(10-16)15-26/h2-8,12,16-18,23H,9-11,13-15H2,1H3,(H,28,29). The maximum absolute atomic E-state index is 13.5. The average Bonchev–Trinajstić information content (AvgIpc) is 2.77. The minimum absolute atomic E-state index is 0.214. The molecule has 0 radical (unpaired) electrons. The largest absolute Gasteiger partial charge is 0.495 e. The quantitative estimate of drug-likeness (QED) is 0.562. The van der Waals surface area contributed by atoms with E-state index >= 15 is 0 Å². The molecule has 0 saturated heterocycles. The van der Waals surface area contributed by atoms with Gasteiger partial charge >= 0.3 is 5.97 Å². The number of hydrogen-bond donors (Lipinski definition) is 1. The molecule has 6 rings (SSSR count). The Morgan fingerprint density at radius 2 is 1.62 bits per heavy atom. The van der Waals surface area contributed by atoms with Crippen molar-refractivity contribution >= 4 is 29.2 Å². The lowest BCUT2D eigenvalue weighted by Crippen LogP contribution is -2.51. The lowest BCUT2D eigenvalue weighted by Gasteiger charge is -2.55. The summed E-state index contributed by atoms with van der Waals surface area (Å²) in [6.45, 7) is 0. The third-order valence-corrected chi connectivity index (χ3v) is 7.75. The number of halogens is 1. The number of anilines is 1. The molecule has 0 heterocycles. The van der Waals surface area contributed by atoms with Crippen molar-refractivity contribution in [1.29, 1.82) is 0 Å². The molecular weight excluding hydrogens is 426 g/mol. The van der Waals surface area contributed by atoms with Crippen molar-refractivity contribution in [2.45, 2.75) is 44.6 Å². The van der Waals surface area contributed by atoms with Crippen molar-refractivity contribution < 1.29 is 19.1 Å². The van der Waals surface area contributed by atoms with Gasteiger partial charge in [0.15, 0.2) is 0 Å². The summed E-state index contributed by atoms with van der Waals surface area (Å²) in [5.74, 6) is 1.79. The van der Waals surface area contributed by atoms with Gasteiger partial charge in [0.25, 0.3) is 5.91 Å². The van der Waals surface area contributed by atoms with E-state index < -0.39 is 17.4 Å². The topological polar surface area (TPSA) is 64.6 Å². The van der Waals surface area contributed by atoms with Gasteiger partial charge in [-0.25, -0.2) is 0 Å². The van der Waals surface area contributed by atoms with Crippen LogP contribution in [0.25, 0.3) is 0 Å². The Hall–Kier alpha value is -2.53. The molecule has 4 aliphatic rings. The summed E-state index contributed by atoms with van der Waals surface area (Å²) in [5.41, 5.74) is 0.751. The molecule has 168 valence electrons. The van der Waals surface area contributed by atoms with Crippen LogP contribution in [0.4, 0.5) is 5.69 Å². The summed E-state index contributed by atoms with van der Waals surface area (Å²) in [5, 5.41) is 3.25. The maximum Gasteiger partial charge on any atom is 0.313 e. The van der Waals surface area contributed by atoms with Crippen LogP contribution in [-0.2, 0) is 14.3 Å². The van der Waals surface area contributed by atoms with Crippen LogP contribution in [0.15, 0.2) is 48.5 Å². The predicted molar refractivity (Wildman–Crippen MR) is 123 cm³/mol. The van der Waals surface area contributed by atoms with Gasteiger partial charge < -0.3 is 14.8 Å². The zero-order valence-electron chi connectivity index (χ0n) is 18.2. The maximum atomic E-state index is 13.5. The Labute approximate surface area is 193 Å². The normalized spacial score (nSPS) is 28.8. The Bertz CT molecular complexity index is 986. The van der Waals surface area contributed by atoms with Crippen LogP contribution in [0.3, 0.4) is 0 Å². The molecule has 0 spiro atoms. The fourth-order valence-electron chi connectivity index (χ4n) is 6.45. The summed E-state index contributed by atoms with van der Waals surface area (Å²) < 4.78 is 11.2. The van der Waals surface area contributed by atoms with E-state index in [1.54, 1.807) is 18.2 Å². The second kappa shape index (κ2) is 8.43. The summed E-state index contributed by atoms with van der Waals surface area (Å²) >= 11 is 6.21. The van der Waals surface area contributed by atoms with E-state index in [-0.39, 0.29) is 5.97 Å². The summed E-state index contributed by atoms with van der Waals surface area (Å²) in [4.78, 5) is 26.8. The Morgan fingerprint density at radius 3 is 2.19 bits per heavy atom. The van der Waals surface area contributed by atoms with Gasteiger partial charge in [0, 0.05) is 11.3 Å². The lowest BCUT2D eigenvalue weighted by atomic mass is 9.49. The molecule has 2 aromatic rings. The fraction of sp³-hybridized carbons (Fsp3) is 0.462. The SMILES string of the molecule is COc1ccc(NC(=O)C(OC(=O)C23CC4CC(CC(C4)C2)C3)c2ccccc2)cc1Cl. The molecule has 1 atom stereocenters. The molecule has 6 heteroatoms. The zero-order chi connectivity index (χ0) is 22.3. The van der Waals surface area contributed by atoms with Crippen molar-refractivity contribution in [3.63, 3.8) is 0 Å². The number of benzene rings is 2. The number of nitrogens with one attached hydrogen (secondary N) is 1. The number of esters is 1. The summed E-state index contributed by atoms with van der Waals surface area (Å²) in [6, 6.07) is 14.2. The molecule has 32 heavy (non-hydrogen) atoms. The molecule has 1 amide bonds. The number of rotatable bonds is 6. The van der Waals surface area contributed by atoms with Crippen LogP contribution in [0.2, 0.25) is 5.02 Å². The van der Waals surface area contributed by atoms with Crippen LogP contribution >= 0.6 is 11.6 Å². The summed E-state index contributed by atoms with van der Waals surface area (Å²) in [6.07, 6.45) is 5.41. The third-order valence-electron chi connectivity index (χ3n) is 7.46. The van der Waals surface area contributed by atoms with Crippen LogP contribution < -0.4 is 10.1 Å². The number of amides is 1. The van der Waals surface area contributed by atoms with Gasteiger partial charge in [0.05, 0.1) is 17.5 Å². The Morgan fingerprint density at radius 1 is 1.00 bits per heavy atom. The van der Waals surface area contributed by atoms with Crippen molar-refractivity contribution in [3.8, 4) is 5.75 Å². The molecule has 4 bridgehead atoms.